The molecule has 0 spiro atoms. The zero-order valence-electron chi connectivity index (χ0n) is 14.9. The van der Waals surface area contributed by atoms with Crippen LogP contribution in [0.25, 0.3) is 11.3 Å². The Balaban J connectivity index is 1.31. The molecule has 1 aliphatic carbocycles. The topological polar surface area (TPSA) is 77.2 Å². The molecule has 1 saturated carbocycles. The molecule has 3 aromatic rings. The molecule has 1 aliphatic rings. The summed E-state index contributed by atoms with van der Waals surface area (Å²) in [6, 6.07) is 9.20. The zero-order valence-corrected chi connectivity index (χ0v) is 14.9. The van der Waals surface area contributed by atoms with Crippen molar-refractivity contribution in [2.24, 2.45) is 0 Å². The summed E-state index contributed by atoms with van der Waals surface area (Å²) in [5, 5.41) is 2.88. The Kier molecular flexibility index (Phi) is 5.14. The van der Waals surface area contributed by atoms with E-state index >= 15 is 0 Å². The molecular formula is C21H21N3O3. The molecule has 27 heavy (non-hydrogen) atoms. The normalized spacial score (nSPS) is 14.2. The van der Waals surface area contributed by atoms with Crippen LogP contribution in [0.15, 0.2) is 59.7 Å². The van der Waals surface area contributed by atoms with Crippen LogP contribution in [-0.4, -0.2) is 22.0 Å². The van der Waals surface area contributed by atoms with Crippen molar-refractivity contribution in [1.29, 1.82) is 0 Å². The van der Waals surface area contributed by atoms with Crippen LogP contribution in [0, 0.1) is 0 Å². The van der Waals surface area contributed by atoms with Crippen molar-refractivity contribution < 1.29 is 13.9 Å². The number of furan rings is 1. The van der Waals surface area contributed by atoms with E-state index in [9.17, 15) is 4.79 Å². The number of hydrogen-bond donors (Lipinski definition) is 1. The van der Waals surface area contributed by atoms with Crippen LogP contribution in [0.1, 0.15) is 41.6 Å². The van der Waals surface area contributed by atoms with Gasteiger partial charge < -0.3 is 14.5 Å². The Labute approximate surface area is 157 Å². The Hall–Kier alpha value is -3.15. The van der Waals surface area contributed by atoms with Crippen LogP contribution >= 0.6 is 0 Å². The average Bonchev–Trinajstić information content (AvgIpc) is 3.41. The number of nitrogens with one attached hydrogen (secondary N) is 1. The summed E-state index contributed by atoms with van der Waals surface area (Å²) in [4.78, 5) is 20.9. The van der Waals surface area contributed by atoms with Crippen LogP contribution < -0.4 is 10.1 Å². The Morgan fingerprint density at radius 1 is 1.11 bits per heavy atom. The lowest BCUT2D eigenvalue weighted by Crippen LogP contribution is -2.23. The lowest BCUT2D eigenvalue weighted by atomic mass is 10.2. The molecule has 1 amide bonds. The van der Waals surface area contributed by atoms with E-state index in [1.807, 2.05) is 18.2 Å². The molecular weight excluding hydrogens is 342 g/mol. The van der Waals surface area contributed by atoms with Crippen LogP contribution in [0.5, 0.6) is 5.88 Å². The number of carbonyl (C=O) groups is 1. The number of carbonyl (C=O) groups excluding carboxylic acids is 1. The first kappa shape index (κ1) is 17.3. The van der Waals surface area contributed by atoms with Gasteiger partial charge in [-0.15, -0.1) is 0 Å². The Morgan fingerprint density at radius 2 is 2.00 bits per heavy atom. The number of ether oxygens (including phenoxy) is 1. The fraction of sp³-hybridized carbons (Fsp3) is 0.286. The summed E-state index contributed by atoms with van der Waals surface area (Å²) in [6.45, 7) is 0.401. The van der Waals surface area contributed by atoms with Gasteiger partial charge >= 0.3 is 0 Å². The first-order chi connectivity index (χ1) is 13.3. The molecule has 0 aliphatic heterocycles. The summed E-state index contributed by atoms with van der Waals surface area (Å²) < 4.78 is 10.9. The summed E-state index contributed by atoms with van der Waals surface area (Å²) in [5.41, 5.74) is 3.19. The number of pyridine rings is 2. The maximum atomic E-state index is 12.3. The summed E-state index contributed by atoms with van der Waals surface area (Å²) in [5.74, 6) is 0.409. The van der Waals surface area contributed by atoms with Crippen molar-refractivity contribution in [1.82, 2.24) is 15.3 Å². The minimum atomic E-state index is -0.172. The molecule has 3 heterocycles. The van der Waals surface area contributed by atoms with E-state index in [0.29, 0.717) is 18.0 Å². The van der Waals surface area contributed by atoms with Crippen LogP contribution in [0.3, 0.4) is 0 Å². The van der Waals surface area contributed by atoms with Gasteiger partial charge in [0.25, 0.3) is 5.91 Å². The largest absolute Gasteiger partial charge is 0.474 e. The second-order valence-electron chi connectivity index (χ2n) is 6.66. The third-order valence-corrected chi connectivity index (χ3v) is 4.68. The molecule has 4 rings (SSSR count). The van der Waals surface area contributed by atoms with Gasteiger partial charge in [-0.05, 0) is 49.4 Å². The predicted octanol–water partition coefficient (Wildman–Crippen LogP) is 3.99. The van der Waals surface area contributed by atoms with Gasteiger partial charge in [0.05, 0.1) is 23.8 Å². The lowest BCUT2D eigenvalue weighted by molar-refractivity contribution is 0.0950. The van der Waals surface area contributed by atoms with Crippen LogP contribution in [0.2, 0.25) is 0 Å². The van der Waals surface area contributed by atoms with Gasteiger partial charge in [0.1, 0.15) is 6.10 Å². The van der Waals surface area contributed by atoms with Crippen molar-refractivity contribution >= 4 is 5.91 Å². The van der Waals surface area contributed by atoms with Gasteiger partial charge in [-0.3, -0.25) is 9.78 Å². The third kappa shape index (κ3) is 4.34. The Morgan fingerprint density at radius 3 is 2.67 bits per heavy atom. The number of aromatic nitrogens is 2. The molecule has 3 aromatic heterocycles. The molecule has 0 bridgehead atoms. The second kappa shape index (κ2) is 8.03. The second-order valence-corrected chi connectivity index (χ2v) is 6.66. The highest BCUT2D eigenvalue weighted by Gasteiger charge is 2.17. The smallest absolute Gasteiger partial charge is 0.253 e. The first-order valence-corrected chi connectivity index (χ1v) is 9.16. The van der Waals surface area contributed by atoms with Crippen LogP contribution in [-0.2, 0) is 6.54 Å². The maximum absolute atomic E-state index is 12.3. The third-order valence-electron chi connectivity index (χ3n) is 4.68. The standard InChI is InChI=1S/C21H21N3O3/c25-21(16-6-8-20(23-13-16)27-18-3-1-2-4-18)24-12-15-5-7-19(22-11-15)17-9-10-26-14-17/h5-11,13-14,18H,1-4,12H2,(H,24,25). The van der Waals surface area contributed by atoms with Crippen molar-refractivity contribution in [3.8, 4) is 17.1 Å². The SMILES string of the molecule is O=C(NCc1ccc(-c2ccoc2)nc1)c1ccc(OC2CCCC2)nc1. The fourth-order valence-corrected chi connectivity index (χ4v) is 3.16. The summed E-state index contributed by atoms with van der Waals surface area (Å²) in [7, 11) is 0. The van der Waals surface area contributed by atoms with E-state index in [2.05, 4.69) is 15.3 Å². The fourth-order valence-electron chi connectivity index (χ4n) is 3.16. The van der Waals surface area contributed by atoms with Gasteiger partial charge in [0, 0.05) is 30.6 Å². The van der Waals surface area contributed by atoms with Crippen molar-refractivity contribution in [3.63, 3.8) is 0 Å². The van der Waals surface area contributed by atoms with Gasteiger partial charge in [-0.2, -0.15) is 0 Å². The first-order valence-electron chi connectivity index (χ1n) is 9.16. The van der Waals surface area contributed by atoms with Gasteiger partial charge in [0.15, 0.2) is 0 Å². The molecule has 138 valence electrons. The molecule has 0 radical (unpaired) electrons. The number of hydrogen-bond acceptors (Lipinski definition) is 5. The molecule has 0 saturated heterocycles. The molecule has 1 fully saturated rings. The van der Waals surface area contributed by atoms with E-state index in [0.717, 1.165) is 29.7 Å². The van der Waals surface area contributed by atoms with Crippen molar-refractivity contribution in [3.05, 3.63) is 66.4 Å². The highest BCUT2D eigenvalue weighted by molar-refractivity contribution is 5.93. The predicted molar refractivity (Wildman–Crippen MR) is 100 cm³/mol. The molecule has 0 atom stereocenters. The van der Waals surface area contributed by atoms with E-state index in [4.69, 9.17) is 9.15 Å². The minimum absolute atomic E-state index is 0.172. The number of rotatable bonds is 6. The summed E-state index contributed by atoms with van der Waals surface area (Å²) in [6.07, 6.45) is 11.4. The van der Waals surface area contributed by atoms with E-state index in [1.54, 1.807) is 37.1 Å². The van der Waals surface area contributed by atoms with Crippen molar-refractivity contribution in [2.45, 2.75) is 38.3 Å². The van der Waals surface area contributed by atoms with Gasteiger partial charge in [0.2, 0.25) is 5.88 Å². The van der Waals surface area contributed by atoms with Crippen molar-refractivity contribution in [2.75, 3.05) is 0 Å². The molecule has 1 N–H and O–H groups in total. The molecule has 6 heteroatoms. The summed E-state index contributed by atoms with van der Waals surface area (Å²) >= 11 is 0. The van der Waals surface area contributed by atoms with Gasteiger partial charge in [-0.25, -0.2) is 4.98 Å². The quantitative estimate of drug-likeness (QED) is 0.716. The van der Waals surface area contributed by atoms with Crippen LogP contribution in [0.4, 0.5) is 0 Å². The highest BCUT2D eigenvalue weighted by atomic mass is 16.5. The van der Waals surface area contributed by atoms with Gasteiger partial charge in [-0.1, -0.05) is 6.07 Å². The average molecular weight is 363 g/mol. The molecule has 0 unspecified atom stereocenters. The highest BCUT2D eigenvalue weighted by Crippen LogP contribution is 2.23. The molecule has 6 nitrogen and oxygen atoms in total. The van der Waals surface area contributed by atoms with E-state index in [1.165, 1.54) is 12.8 Å². The number of nitrogens with zero attached hydrogens (tertiary/aromatic N) is 2. The number of amides is 1. The Bertz CT molecular complexity index is 868. The van der Waals surface area contributed by atoms with E-state index in [-0.39, 0.29) is 12.0 Å². The monoisotopic (exact) mass is 363 g/mol. The van der Waals surface area contributed by atoms with E-state index < -0.39 is 0 Å². The lowest BCUT2D eigenvalue weighted by Gasteiger charge is -2.12. The maximum Gasteiger partial charge on any atom is 0.253 e. The molecule has 0 aromatic carbocycles. The zero-order chi connectivity index (χ0) is 18.5. The minimum Gasteiger partial charge on any atom is -0.474 e.